The van der Waals surface area contributed by atoms with Gasteiger partial charge < -0.3 is 0 Å². The van der Waals surface area contributed by atoms with E-state index < -0.39 is 5.92 Å². The van der Waals surface area contributed by atoms with Crippen molar-refractivity contribution < 1.29 is 9.59 Å². The normalized spacial score (nSPS) is 31.7. The molecule has 2 bridgehead atoms. The van der Waals surface area contributed by atoms with E-state index in [2.05, 4.69) is 20.8 Å². The number of benzene rings is 2. The summed E-state index contributed by atoms with van der Waals surface area (Å²) in [5, 5.41) is 2.01. The second-order valence-corrected chi connectivity index (χ2v) is 7.93. The standard InChI is InChI=1S/C21H22O2/c1-20(2)16-11-12-21(20,3)19(23)17(16)18(22)15-10-6-8-13-7-4-5-9-14(13)15/h4-10,16-17H,11-12H2,1-3H3/t16-,17-,21+/m0/s1. The fourth-order valence-electron chi connectivity index (χ4n) is 5.00. The van der Waals surface area contributed by atoms with Crippen molar-refractivity contribution in [1.29, 1.82) is 0 Å². The molecule has 2 aliphatic carbocycles. The Bertz CT molecular complexity index is 827. The molecule has 0 N–H and O–H groups in total. The van der Waals surface area contributed by atoms with Crippen molar-refractivity contribution in [2.45, 2.75) is 33.6 Å². The predicted octanol–water partition coefficient (Wildman–Crippen LogP) is 4.66. The van der Waals surface area contributed by atoms with Crippen LogP contribution in [0.15, 0.2) is 42.5 Å². The molecule has 2 saturated carbocycles. The summed E-state index contributed by atoms with van der Waals surface area (Å²) in [7, 11) is 0. The third-order valence-corrected chi connectivity index (χ3v) is 6.87. The smallest absolute Gasteiger partial charge is 0.174 e. The molecule has 2 nitrogen and oxygen atoms in total. The summed E-state index contributed by atoms with van der Waals surface area (Å²) in [4.78, 5) is 26.3. The molecule has 0 aromatic heterocycles. The zero-order chi connectivity index (χ0) is 16.4. The van der Waals surface area contributed by atoms with Crippen molar-refractivity contribution in [3.05, 3.63) is 48.0 Å². The number of carbonyl (C=O) groups excluding carboxylic acids is 2. The lowest BCUT2D eigenvalue weighted by atomic mass is 9.70. The van der Waals surface area contributed by atoms with Gasteiger partial charge in [-0.1, -0.05) is 63.2 Å². The van der Waals surface area contributed by atoms with E-state index >= 15 is 0 Å². The molecule has 0 unspecified atom stereocenters. The van der Waals surface area contributed by atoms with E-state index in [1.807, 2.05) is 42.5 Å². The van der Waals surface area contributed by atoms with Gasteiger partial charge >= 0.3 is 0 Å². The summed E-state index contributed by atoms with van der Waals surface area (Å²) in [6.07, 6.45) is 1.90. The highest BCUT2D eigenvalue weighted by molar-refractivity contribution is 6.19. The van der Waals surface area contributed by atoms with Crippen LogP contribution in [-0.4, -0.2) is 11.6 Å². The highest BCUT2D eigenvalue weighted by Gasteiger charge is 2.67. The van der Waals surface area contributed by atoms with Gasteiger partial charge in [0, 0.05) is 11.0 Å². The van der Waals surface area contributed by atoms with Crippen molar-refractivity contribution >= 4 is 22.3 Å². The first kappa shape index (κ1) is 14.6. The Morgan fingerprint density at radius 3 is 2.43 bits per heavy atom. The molecule has 0 heterocycles. The zero-order valence-electron chi connectivity index (χ0n) is 13.9. The van der Waals surface area contributed by atoms with Crippen LogP contribution in [0.3, 0.4) is 0 Å². The van der Waals surface area contributed by atoms with Crippen LogP contribution in [0.4, 0.5) is 0 Å². The minimum Gasteiger partial charge on any atom is -0.298 e. The number of carbonyl (C=O) groups is 2. The Morgan fingerprint density at radius 2 is 1.74 bits per heavy atom. The maximum absolute atomic E-state index is 13.3. The molecule has 0 aliphatic heterocycles. The van der Waals surface area contributed by atoms with Crippen LogP contribution in [0.5, 0.6) is 0 Å². The average Bonchev–Trinajstić information content (AvgIpc) is 2.86. The van der Waals surface area contributed by atoms with E-state index in [0.29, 0.717) is 5.56 Å². The Hall–Kier alpha value is -1.96. The minimum atomic E-state index is -0.463. The van der Waals surface area contributed by atoms with Gasteiger partial charge in [0.15, 0.2) is 5.78 Å². The molecule has 2 aliphatic rings. The van der Waals surface area contributed by atoms with E-state index in [1.54, 1.807) is 0 Å². The highest BCUT2D eigenvalue weighted by atomic mass is 16.2. The quantitative estimate of drug-likeness (QED) is 0.597. The lowest BCUT2D eigenvalue weighted by molar-refractivity contribution is -0.130. The predicted molar refractivity (Wildman–Crippen MR) is 91.4 cm³/mol. The maximum atomic E-state index is 13.3. The third-order valence-electron chi connectivity index (χ3n) is 6.87. The van der Waals surface area contributed by atoms with Crippen molar-refractivity contribution in [3.8, 4) is 0 Å². The fraction of sp³-hybridized carbons (Fsp3) is 0.429. The Labute approximate surface area is 136 Å². The van der Waals surface area contributed by atoms with Crippen molar-refractivity contribution in [2.75, 3.05) is 0 Å². The molecule has 2 aromatic rings. The summed E-state index contributed by atoms with van der Waals surface area (Å²) in [5.41, 5.74) is 0.269. The summed E-state index contributed by atoms with van der Waals surface area (Å²) >= 11 is 0. The summed E-state index contributed by atoms with van der Waals surface area (Å²) in [6, 6.07) is 13.7. The van der Waals surface area contributed by atoms with Crippen LogP contribution in [0.2, 0.25) is 0 Å². The monoisotopic (exact) mass is 306 g/mol. The third kappa shape index (κ3) is 1.69. The van der Waals surface area contributed by atoms with E-state index in [-0.39, 0.29) is 28.3 Å². The molecular formula is C21H22O2. The zero-order valence-corrected chi connectivity index (χ0v) is 13.9. The van der Waals surface area contributed by atoms with Crippen molar-refractivity contribution in [2.24, 2.45) is 22.7 Å². The first-order valence-corrected chi connectivity index (χ1v) is 8.44. The molecule has 2 fully saturated rings. The molecule has 0 saturated heterocycles. The minimum absolute atomic E-state index is 0.0216. The molecule has 0 amide bonds. The van der Waals surface area contributed by atoms with E-state index in [9.17, 15) is 9.59 Å². The van der Waals surface area contributed by atoms with Crippen LogP contribution in [0.25, 0.3) is 10.8 Å². The van der Waals surface area contributed by atoms with Crippen LogP contribution >= 0.6 is 0 Å². The lowest BCUT2D eigenvalue weighted by Crippen LogP contribution is -2.35. The first-order chi connectivity index (χ1) is 10.9. The number of fused-ring (bicyclic) bond motifs is 3. The van der Waals surface area contributed by atoms with E-state index in [1.165, 1.54) is 0 Å². The van der Waals surface area contributed by atoms with Gasteiger partial charge in [0.2, 0.25) is 0 Å². The molecule has 0 radical (unpaired) electrons. The summed E-state index contributed by atoms with van der Waals surface area (Å²) in [5.74, 6) is -0.106. The highest BCUT2D eigenvalue weighted by Crippen LogP contribution is 2.66. The second-order valence-electron chi connectivity index (χ2n) is 7.93. The molecule has 2 heteroatoms. The average molecular weight is 306 g/mol. The number of hydrogen-bond acceptors (Lipinski definition) is 2. The van der Waals surface area contributed by atoms with Crippen LogP contribution in [-0.2, 0) is 4.79 Å². The van der Waals surface area contributed by atoms with Gasteiger partial charge in [-0.05, 0) is 34.9 Å². The molecule has 3 atom stereocenters. The van der Waals surface area contributed by atoms with Gasteiger partial charge in [0.05, 0.1) is 5.92 Å². The number of ketones is 2. The Morgan fingerprint density at radius 1 is 1.04 bits per heavy atom. The van der Waals surface area contributed by atoms with Crippen molar-refractivity contribution in [3.63, 3.8) is 0 Å². The van der Waals surface area contributed by atoms with E-state index in [4.69, 9.17) is 0 Å². The Balaban J connectivity index is 1.83. The van der Waals surface area contributed by atoms with Crippen molar-refractivity contribution in [1.82, 2.24) is 0 Å². The van der Waals surface area contributed by atoms with Crippen LogP contribution < -0.4 is 0 Å². The maximum Gasteiger partial charge on any atom is 0.174 e. The first-order valence-electron chi connectivity index (χ1n) is 8.44. The van der Waals surface area contributed by atoms with Crippen LogP contribution in [0.1, 0.15) is 44.0 Å². The molecule has 23 heavy (non-hydrogen) atoms. The van der Waals surface area contributed by atoms with Gasteiger partial charge in [-0.3, -0.25) is 9.59 Å². The largest absolute Gasteiger partial charge is 0.298 e. The van der Waals surface area contributed by atoms with E-state index in [0.717, 1.165) is 23.6 Å². The van der Waals surface area contributed by atoms with Crippen LogP contribution in [0, 0.1) is 22.7 Å². The number of hydrogen-bond donors (Lipinski definition) is 0. The number of rotatable bonds is 2. The molecular weight excluding hydrogens is 284 g/mol. The SMILES string of the molecule is CC1(C)[C@H]2CC[C@]1(C)C(=O)[C@@H]2C(=O)c1cccc2ccccc12. The number of Topliss-reactive ketones (excluding diaryl/α,β-unsaturated/α-hetero) is 2. The topological polar surface area (TPSA) is 34.1 Å². The lowest BCUT2D eigenvalue weighted by Gasteiger charge is -2.32. The van der Waals surface area contributed by atoms with Gasteiger partial charge in [-0.25, -0.2) is 0 Å². The summed E-state index contributed by atoms with van der Waals surface area (Å²) in [6.45, 7) is 6.39. The van der Waals surface area contributed by atoms with Gasteiger partial charge in [0.1, 0.15) is 5.78 Å². The van der Waals surface area contributed by atoms with Gasteiger partial charge in [-0.2, -0.15) is 0 Å². The second kappa shape index (κ2) is 4.53. The summed E-state index contributed by atoms with van der Waals surface area (Å²) < 4.78 is 0. The van der Waals surface area contributed by atoms with Gasteiger partial charge in [-0.15, -0.1) is 0 Å². The molecule has 2 aromatic carbocycles. The Kier molecular flexibility index (Phi) is 2.88. The fourth-order valence-corrected chi connectivity index (χ4v) is 5.00. The van der Waals surface area contributed by atoms with Gasteiger partial charge in [0.25, 0.3) is 0 Å². The molecule has 4 rings (SSSR count). The molecule has 0 spiro atoms. The molecule has 118 valence electrons.